The summed E-state index contributed by atoms with van der Waals surface area (Å²) in [6.45, 7) is 3.72. The van der Waals surface area contributed by atoms with E-state index in [2.05, 4.69) is 16.0 Å². The van der Waals surface area contributed by atoms with Crippen molar-refractivity contribution in [3.63, 3.8) is 0 Å². The van der Waals surface area contributed by atoms with Crippen LogP contribution in [0.4, 0.5) is 5.82 Å². The molecule has 17 heavy (non-hydrogen) atoms. The first-order valence-electron chi connectivity index (χ1n) is 6.00. The monoisotopic (exact) mass is 229 g/mol. The summed E-state index contributed by atoms with van der Waals surface area (Å²) in [7, 11) is 0. The van der Waals surface area contributed by atoms with E-state index in [0.717, 1.165) is 24.6 Å². The number of nitrogens with zero attached hydrogens (tertiary/aromatic N) is 3. The summed E-state index contributed by atoms with van der Waals surface area (Å²) in [5, 5.41) is 0. The number of hydrogen-bond acceptors (Lipinski definition) is 3. The van der Waals surface area contributed by atoms with E-state index in [-0.39, 0.29) is 5.78 Å². The van der Waals surface area contributed by atoms with E-state index < -0.39 is 0 Å². The first-order valence-corrected chi connectivity index (χ1v) is 6.00. The molecule has 0 radical (unpaired) electrons. The highest BCUT2D eigenvalue weighted by molar-refractivity contribution is 5.93. The van der Waals surface area contributed by atoms with Gasteiger partial charge < -0.3 is 4.90 Å². The van der Waals surface area contributed by atoms with Crippen LogP contribution in [-0.2, 0) is 0 Å². The van der Waals surface area contributed by atoms with Crippen LogP contribution in [0.15, 0.2) is 24.4 Å². The van der Waals surface area contributed by atoms with Crippen LogP contribution >= 0.6 is 0 Å². The lowest BCUT2D eigenvalue weighted by Crippen LogP contribution is -2.21. The van der Waals surface area contributed by atoms with Crippen LogP contribution in [0.1, 0.15) is 30.3 Å². The predicted molar refractivity (Wildman–Crippen MR) is 66.6 cm³/mol. The van der Waals surface area contributed by atoms with Gasteiger partial charge in [0, 0.05) is 20.0 Å². The minimum absolute atomic E-state index is 0.0594. The van der Waals surface area contributed by atoms with E-state index in [4.69, 9.17) is 0 Å². The molecule has 0 saturated carbocycles. The largest absolute Gasteiger partial charge is 0.358 e. The van der Waals surface area contributed by atoms with Crippen molar-refractivity contribution >= 4 is 17.2 Å². The van der Waals surface area contributed by atoms with E-state index in [1.54, 1.807) is 13.1 Å². The standard InChI is InChI=1S/C13H15N3O/c1-10(17)11-9-14-12-5-4-6-13(16(11)12)15-7-2-3-8-15/h4-6,9H,2-3,7-8H2,1H3. The van der Waals surface area contributed by atoms with Gasteiger partial charge in [-0.05, 0) is 25.0 Å². The zero-order valence-electron chi connectivity index (χ0n) is 9.89. The lowest BCUT2D eigenvalue weighted by molar-refractivity contribution is 0.101. The number of hydrogen-bond donors (Lipinski definition) is 0. The van der Waals surface area contributed by atoms with Gasteiger partial charge in [0.1, 0.15) is 17.2 Å². The van der Waals surface area contributed by atoms with Gasteiger partial charge in [-0.2, -0.15) is 0 Å². The fourth-order valence-electron chi connectivity index (χ4n) is 2.46. The Morgan fingerprint density at radius 3 is 2.76 bits per heavy atom. The van der Waals surface area contributed by atoms with Crippen molar-refractivity contribution in [2.24, 2.45) is 0 Å². The smallest absolute Gasteiger partial charge is 0.178 e. The zero-order valence-corrected chi connectivity index (χ0v) is 9.89. The molecule has 4 heteroatoms. The molecule has 2 aromatic heterocycles. The molecule has 88 valence electrons. The summed E-state index contributed by atoms with van der Waals surface area (Å²) in [6.07, 6.45) is 4.11. The molecule has 0 spiro atoms. The first kappa shape index (κ1) is 10.3. The number of pyridine rings is 1. The van der Waals surface area contributed by atoms with Gasteiger partial charge in [0.25, 0.3) is 0 Å². The maximum atomic E-state index is 11.6. The second-order valence-corrected chi connectivity index (χ2v) is 4.47. The Balaban J connectivity index is 2.22. The van der Waals surface area contributed by atoms with Crippen LogP contribution in [0, 0.1) is 0 Å². The number of carbonyl (C=O) groups is 1. The summed E-state index contributed by atoms with van der Waals surface area (Å²) >= 11 is 0. The van der Waals surface area contributed by atoms with E-state index in [1.165, 1.54) is 12.8 Å². The molecule has 2 aromatic rings. The highest BCUT2D eigenvalue weighted by Crippen LogP contribution is 2.23. The van der Waals surface area contributed by atoms with Gasteiger partial charge in [0.15, 0.2) is 5.78 Å². The minimum Gasteiger partial charge on any atom is -0.358 e. The van der Waals surface area contributed by atoms with Crippen molar-refractivity contribution in [3.05, 3.63) is 30.1 Å². The molecule has 0 atom stereocenters. The maximum absolute atomic E-state index is 11.6. The van der Waals surface area contributed by atoms with Crippen molar-refractivity contribution in [2.75, 3.05) is 18.0 Å². The Morgan fingerprint density at radius 2 is 2.06 bits per heavy atom. The van der Waals surface area contributed by atoms with Crippen molar-refractivity contribution < 1.29 is 4.79 Å². The molecule has 0 N–H and O–H groups in total. The van der Waals surface area contributed by atoms with Crippen LogP contribution in [0.2, 0.25) is 0 Å². The summed E-state index contributed by atoms with van der Waals surface area (Å²) in [4.78, 5) is 18.2. The number of carbonyl (C=O) groups excluding carboxylic acids is 1. The molecule has 0 bridgehead atoms. The van der Waals surface area contributed by atoms with Crippen LogP contribution in [0.3, 0.4) is 0 Å². The van der Waals surface area contributed by atoms with Crippen LogP contribution in [-0.4, -0.2) is 28.3 Å². The predicted octanol–water partition coefficient (Wildman–Crippen LogP) is 2.14. The Labute approximate surface area is 99.9 Å². The van der Waals surface area contributed by atoms with Gasteiger partial charge in [-0.3, -0.25) is 9.20 Å². The molecule has 4 nitrogen and oxygen atoms in total. The molecule has 1 fully saturated rings. The van der Waals surface area contributed by atoms with Crippen molar-refractivity contribution in [2.45, 2.75) is 19.8 Å². The Morgan fingerprint density at radius 1 is 1.29 bits per heavy atom. The molecule has 1 aliphatic heterocycles. The zero-order chi connectivity index (χ0) is 11.8. The van der Waals surface area contributed by atoms with E-state index in [1.807, 2.05) is 16.5 Å². The van der Waals surface area contributed by atoms with E-state index in [9.17, 15) is 4.79 Å². The van der Waals surface area contributed by atoms with Crippen LogP contribution in [0.5, 0.6) is 0 Å². The lowest BCUT2D eigenvalue weighted by Gasteiger charge is -2.19. The van der Waals surface area contributed by atoms with Gasteiger partial charge in [-0.1, -0.05) is 6.07 Å². The molecule has 1 saturated heterocycles. The Hall–Kier alpha value is -1.84. The highest BCUT2D eigenvalue weighted by Gasteiger charge is 2.18. The van der Waals surface area contributed by atoms with Crippen LogP contribution in [0.25, 0.3) is 5.65 Å². The van der Waals surface area contributed by atoms with Crippen LogP contribution < -0.4 is 4.90 Å². The van der Waals surface area contributed by atoms with E-state index >= 15 is 0 Å². The summed E-state index contributed by atoms with van der Waals surface area (Å²) in [5.74, 6) is 1.15. The second kappa shape index (κ2) is 3.87. The first-order chi connectivity index (χ1) is 8.27. The maximum Gasteiger partial charge on any atom is 0.178 e. The fraction of sp³-hybridized carbons (Fsp3) is 0.385. The van der Waals surface area contributed by atoms with E-state index in [0.29, 0.717) is 5.69 Å². The number of rotatable bonds is 2. The van der Waals surface area contributed by atoms with Crippen molar-refractivity contribution in [3.8, 4) is 0 Å². The van der Waals surface area contributed by atoms with Gasteiger partial charge in [0.05, 0.1) is 6.20 Å². The SMILES string of the molecule is CC(=O)c1cnc2cccc(N3CCCC3)n12. The molecule has 3 heterocycles. The average molecular weight is 229 g/mol. The molecule has 0 unspecified atom stereocenters. The number of Topliss-reactive ketones (excluding diaryl/α,β-unsaturated/α-hetero) is 1. The quantitative estimate of drug-likeness (QED) is 0.740. The lowest BCUT2D eigenvalue weighted by atomic mass is 10.3. The normalized spacial score (nSPS) is 15.7. The third-order valence-electron chi connectivity index (χ3n) is 3.30. The number of fused-ring (bicyclic) bond motifs is 1. The van der Waals surface area contributed by atoms with Gasteiger partial charge in [-0.15, -0.1) is 0 Å². The molecule has 0 amide bonds. The second-order valence-electron chi connectivity index (χ2n) is 4.47. The van der Waals surface area contributed by atoms with Crippen molar-refractivity contribution in [1.29, 1.82) is 0 Å². The number of anilines is 1. The molecular weight excluding hydrogens is 214 g/mol. The van der Waals surface area contributed by atoms with Gasteiger partial charge >= 0.3 is 0 Å². The molecule has 0 aliphatic carbocycles. The third-order valence-corrected chi connectivity index (χ3v) is 3.30. The number of imidazole rings is 1. The number of aromatic nitrogens is 2. The summed E-state index contributed by atoms with van der Waals surface area (Å²) in [5.41, 5.74) is 1.52. The summed E-state index contributed by atoms with van der Waals surface area (Å²) in [6, 6.07) is 6.00. The molecular formula is C13H15N3O. The average Bonchev–Trinajstić information content (AvgIpc) is 2.97. The Kier molecular flexibility index (Phi) is 2.35. The van der Waals surface area contributed by atoms with Crippen molar-refractivity contribution in [1.82, 2.24) is 9.38 Å². The molecule has 3 rings (SSSR count). The van der Waals surface area contributed by atoms with Gasteiger partial charge in [-0.25, -0.2) is 4.98 Å². The fourth-order valence-corrected chi connectivity index (χ4v) is 2.46. The summed E-state index contributed by atoms with van der Waals surface area (Å²) < 4.78 is 1.97. The topological polar surface area (TPSA) is 37.6 Å². The molecule has 0 aromatic carbocycles. The van der Waals surface area contributed by atoms with Gasteiger partial charge in [0.2, 0.25) is 0 Å². The minimum atomic E-state index is 0.0594. The number of ketones is 1. The highest BCUT2D eigenvalue weighted by atomic mass is 16.1. The third kappa shape index (κ3) is 1.60. The molecule has 1 aliphatic rings. The Bertz CT molecular complexity index is 567.